The van der Waals surface area contributed by atoms with Gasteiger partial charge in [0.05, 0.1) is 0 Å². The second-order valence-corrected chi connectivity index (χ2v) is 8.71. The van der Waals surface area contributed by atoms with Crippen LogP contribution in [0.15, 0.2) is 0 Å². The Morgan fingerprint density at radius 1 is 1.04 bits per heavy atom. The molecule has 23 heavy (non-hydrogen) atoms. The lowest BCUT2D eigenvalue weighted by atomic mass is 9.92. The Morgan fingerprint density at radius 2 is 1.52 bits per heavy atom. The molecule has 0 radical (unpaired) electrons. The molecule has 0 amide bonds. The number of hydrogen-bond acceptors (Lipinski definition) is 6. The summed E-state index contributed by atoms with van der Waals surface area (Å²) < 4.78 is -0.209. The first-order valence-electron chi connectivity index (χ1n) is 7.73. The van der Waals surface area contributed by atoms with Gasteiger partial charge in [0.1, 0.15) is 12.1 Å². The van der Waals surface area contributed by atoms with Gasteiger partial charge in [-0.1, -0.05) is 27.7 Å². The fourth-order valence-corrected chi connectivity index (χ4v) is 3.58. The highest BCUT2D eigenvalue weighted by Gasteiger charge is 2.29. The van der Waals surface area contributed by atoms with Crippen molar-refractivity contribution in [3.05, 3.63) is 0 Å². The number of carboxylic acid groups (broad SMARTS) is 2. The second-order valence-electron chi connectivity index (χ2n) is 6.98. The lowest BCUT2D eigenvalue weighted by Crippen LogP contribution is -2.49. The lowest BCUT2D eigenvalue weighted by Gasteiger charge is -2.30. The Balaban J connectivity index is 4.36. The van der Waals surface area contributed by atoms with Crippen LogP contribution in [0, 0.1) is 11.8 Å². The van der Waals surface area contributed by atoms with Crippen molar-refractivity contribution in [3.8, 4) is 0 Å². The molecule has 8 N–H and O–H groups in total. The fourth-order valence-electron chi connectivity index (χ4n) is 2.40. The Hall–Kier alpha value is -0.830. The van der Waals surface area contributed by atoms with Crippen molar-refractivity contribution in [3.63, 3.8) is 0 Å². The monoisotopic (exact) mass is 349 g/mol. The van der Waals surface area contributed by atoms with Crippen LogP contribution in [0.4, 0.5) is 0 Å². The van der Waals surface area contributed by atoms with Gasteiger partial charge in [-0.25, -0.2) is 0 Å². The van der Waals surface area contributed by atoms with Crippen LogP contribution in [0.5, 0.6) is 0 Å². The van der Waals surface area contributed by atoms with Crippen molar-refractivity contribution < 1.29 is 19.8 Å². The summed E-state index contributed by atoms with van der Waals surface area (Å²) in [6, 6.07) is -2.53. The van der Waals surface area contributed by atoms with E-state index in [1.165, 1.54) is 0 Å². The number of nitrogens with two attached hydrogens (primary N) is 3. The van der Waals surface area contributed by atoms with Gasteiger partial charge in [0.25, 0.3) is 0 Å². The molecule has 0 fully saturated rings. The number of thioether (sulfide) groups is 1. The molecule has 0 aromatic carbocycles. The summed E-state index contributed by atoms with van der Waals surface area (Å²) >= 11 is 1.69. The molecule has 7 nitrogen and oxygen atoms in total. The maximum Gasteiger partial charge on any atom is 0.322 e. The van der Waals surface area contributed by atoms with Crippen molar-refractivity contribution in [2.45, 2.75) is 63.4 Å². The molecule has 5 unspecified atom stereocenters. The van der Waals surface area contributed by atoms with E-state index in [-0.39, 0.29) is 10.7 Å². The number of rotatable bonds is 11. The lowest BCUT2D eigenvalue weighted by molar-refractivity contribution is -0.140. The van der Waals surface area contributed by atoms with Crippen LogP contribution in [0.3, 0.4) is 0 Å². The van der Waals surface area contributed by atoms with Crippen molar-refractivity contribution >= 4 is 23.7 Å². The van der Waals surface area contributed by atoms with Gasteiger partial charge in [-0.2, -0.15) is 11.8 Å². The molecule has 136 valence electrons. The average molecular weight is 349 g/mol. The van der Waals surface area contributed by atoms with Crippen LogP contribution in [-0.4, -0.2) is 50.8 Å². The summed E-state index contributed by atoms with van der Waals surface area (Å²) in [7, 11) is 0. The van der Waals surface area contributed by atoms with Gasteiger partial charge in [-0.3, -0.25) is 9.59 Å². The molecule has 0 spiro atoms. The van der Waals surface area contributed by atoms with Crippen molar-refractivity contribution in [1.29, 1.82) is 0 Å². The Bertz CT molecular complexity index is 406. The van der Waals surface area contributed by atoms with Gasteiger partial charge in [0.15, 0.2) is 0 Å². The van der Waals surface area contributed by atoms with Gasteiger partial charge in [-0.05, 0) is 30.4 Å². The quantitative estimate of drug-likeness (QED) is 0.365. The third-order valence-electron chi connectivity index (χ3n) is 3.90. The highest BCUT2D eigenvalue weighted by Crippen LogP contribution is 2.32. The Kier molecular flexibility index (Phi) is 9.12. The van der Waals surface area contributed by atoms with Crippen LogP contribution >= 0.6 is 11.8 Å². The maximum atomic E-state index is 10.9. The molecule has 0 rings (SSSR count). The number of carbonyl (C=O) groups is 2. The summed E-state index contributed by atoms with van der Waals surface area (Å²) in [5.41, 5.74) is 17.0. The minimum atomic E-state index is -1.09. The van der Waals surface area contributed by atoms with Crippen LogP contribution in [0.2, 0.25) is 0 Å². The van der Waals surface area contributed by atoms with E-state index in [0.717, 1.165) is 12.2 Å². The zero-order valence-corrected chi connectivity index (χ0v) is 15.2. The second kappa shape index (κ2) is 9.46. The molecule has 0 saturated heterocycles. The molecular formula is C15H31N3O4S. The van der Waals surface area contributed by atoms with Gasteiger partial charge < -0.3 is 27.4 Å². The predicted molar refractivity (Wildman–Crippen MR) is 93.3 cm³/mol. The first-order valence-corrected chi connectivity index (χ1v) is 8.72. The molecule has 0 saturated carbocycles. The Labute approximate surface area is 142 Å². The summed E-state index contributed by atoms with van der Waals surface area (Å²) in [6.07, 6.45) is 1.21. The summed E-state index contributed by atoms with van der Waals surface area (Å²) in [4.78, 5) is 21.7. The van der Waals surface area contributed by atoms with Gasteiger partial charge in [0, 0.05) is 10.8 Å². The molecular weight excluding hydrogens is 318 g/mol. The van der Waals surface area contributed by atoms with E-state index in [2.05, 4.69) is 6.92 Å². The first kappa shape index (κ1) is 22.2. The normalized spacial score (nSPS) is 18.7. The topological polar surface area (TPSA) is 153 Å². The SMILES string of the molecule is CC(CSC(C)(C)CC(N)C(N)C(=O)O)CC(C)C(N)C(=O)O. The molecule has 0 aliphatic carbocycles. The molecule has 0 aliphatic rings. The molecule has 8 heteroatoms. The molecule has 0 aliphatic heterocycles. The summed E-state index contributed by atoms with van der Waals surface area (Å²) in [5, 5.41) is 17.8. The number of carboxylic acids is 2. The van der Waals surface area contributed by atoms with Gasteiger partial charge in [-0.15, -0.1) is 0 Å². The molecule has 0 bridgehead atoms. The third kappa shape index (κ3) is 8.55. The molecule has 0 heterocycles. The minimum Gasteiger partial charge on any atom is -0.480 e. The van der Waals surface area contributed by atoms with E-state index in [0.29, 0.717) is 12.3 Å². The van der Waals surface area contributed by atoms with Crippen molar-refractivity contribution in [2.75, 3.05) is 5.75 Å². The largest absolute Gasteiger partial charge is 0.480 e. The predicted octanol–water partition coefficient (Wildman–Crippen LogP) is 0.702. The highest BCUT2D eigenvalue weighted by molar-refractivity contribution is 8.00. The van der Waals surface area contributed by atoms with Crippen LogP contribution in [0.1, 0.15) is 40.5 Å². The van der Waals surface area contributed by atoms with Crippen LogP contribution in [-0.2, 0) is 9.59 Å². The average Bonchev–Trinajstić information content (AvgIpc) is 2.42. The Morgan fingerprint density at radius 3 is 1.96 bits per heavy atom. The summed E-state index contributed by atoms with van der Waals surface area (Å²) in [5.74, 6) is -1.06. The standard InChI is InChI=1S/C15H31N3O4S/c1-8(5-9(2)11(17)13(19)20)7-23-15(3,4)6-10(16)12(18)14(21)22/h8-12H,5-7,16-18H2,1-4H3,(H,19,20)(H,21,22). The highest BCUT2D eigenvalue weighted by atomic mass is 32.2. The van der Waals surface area contributed by atoms with Crippen LogP contribution in [0.25, 0.3) is 0 Å². The van der Waals surface area contributed by atoms with E-state index < -0.39 is 30.1 Å². The molecule has 5 atom stereocenters. The molecule has 0 aromatic rings. The zero-order chi connectivity index (χ0) is 18.4. The van der Waals surface area contributed by atoms with Gasteiger partial charge >= 0.3 is 11.9 Å². The fraction of sp³-hybridized carbons (Fsp3) is 0.867. The summed E-state index contributed by atoms with van der Waals surface area (Å²) in [6.45, 7) is 7.90. The smallest absolute Gasteiger partial charge is 0.322 e. The van der Waals surface area contributed by atoms with Crippen molar-refractivity contribution in [1.82, 2.24) is 0 Å². The van der Waals surface area contributed by atoms with E-state index >= 15 is 0 Å². The first-order chi connectivity index (χ1) is 10.4. The zero-order valence-electron chi connectivity index (χ0n) is 14.4. The van der Waals surface area contributed by atoms with E-state index in [4.69, 9.17) is 27.4 Å². The van der Waals surface area contributed by atoms with Crippen LogP contribution < -0.4 is 17.2 Å². The minimum absolute atomic E-state index is 0.103. The van der Waals surface area contributed by atoms with E-state index in [9.17, 15) is 9.59 Å². The third-order valence-corrected chi connectivity index (χ3v) is 5.59. The number of aliphatic carboxylic acids is 2. The van der Waals surface area contributed by atoms with Crippen molar-refractivity contribution in [2.24, 2.45) is 29.0 Å². The molecule has 0 aromatic heterocycles. The van der Waals surface area contributed by atoms with E-state index in [1.807, 2.05) is 20.8 Å². The van der Waals surface area contributed by atoms with E-state index in [1.54, 1.807) is 11.8 Å². The van der Waals surface area contributed by atoms with Gasteiger partial charge in [0.2, 0.25) is 0 Å². The number of hydrogen-bond donors (Lipinski definition) is 5. The maximum absolute atomic E-state index is 10.9.